The smallest absolute Gasteiger partial charge is 0.0987 e. The van der Waals surface area contributed by atoms with E-state index in [1.54, 1.807) is 0 Å². The fourth-order valence-electron chi connectivity index (χ4n) is 1.16. The Morgan fingerprint density at radius 3 is 3.20 bits per heavy atom. The van der Waals surface area contributed by atoms with Gasteiger partial charge in [-0.25, -0.2) is 0 Å². The van der Waals surface area contributed by atoms with Gasteiger partial charge in [0.25, 0.3) is 0 Å². The van der Waals surface area contributed by atoms with E-state index in [1.165, 1.54) is 0 Å². The maximum absolute atomic E-state index is 8.64. The van der Waals surface area contributed by atoms with E-state index in [9.17, 15) is 0 Å². The van der Waals surface area contributed by atoms with Gasteiger partial charge in [-0.3, -0.25) is 9.89 Å². The summed E-state index contributed by atoms with van der Waals surface area (Å²) >= 11 is 0. The van der Waals surface area contributed by atoms with Crippen molar-refractivity contribution in [1.82, 2.24) is 4.90 Å². The third-order valence-corrected chi connectivity index (χ3v) is 1.78. The molecule has 0 saturated carbocycles. The van der Waals surface area contributed by atoms with Gasteiger partial charge in [0.15, 0.2) is 0 Å². The zero-order valence-corrected chi connectivity index (χ0v) is 6.32. The summed E-state index contributed by atoms with van der Waals surface area (Å²) in [6.45, 7) is 4.06. The highest BCUT2D eigenvalue weighted by molar-refractivity contribution is 5.58. The summed E-state index contributed by atoms with van der Waals surface area (Å²) in [5.74, 6) is 0. The second-order valence-corrected chi connectivity index (χ2v) is 2.51. The Labute approximate surface area is 61.4 Å². The molecule has 10 heavy (non-hydrogen) atoms. The number of aliphatic hydroxyl groups excluding tert-OH is 1. The van der Waals surface area contributed by atoms with E-state index in [-0.39, 0.29) is 12.8 Å². The maximum Gasteiger partial charge on any atom is 0.0987 e. The number of rotatable bonds is 2. The number of nitrogens with zero attached hydrogens (tertiary/aromatic N) is 2. The van der Waals surface area contributed by atoms with E-state index in [4.69, 9.17) is 5.11 Å². The average Bonchev–Trinajstić information content (AvgIpc) is 1.94. The molecule has 0 amide bonds. The normalized spacial score (nSPS) is 27.2. The van der Waals surface area contributed by atoms with Crippen molar-refractivity contribution in [1.29, 1.82) is 0 Å². The zero-order valence-electron chi connectivity index (χ0n) is 6.32. The molecule has 0 radical (unpaired) electrons. The summed E-state index contributed by atoms with van der Waals surface area (Å²) in [6, 6.07) is 0. The Hall–Kier alpha value is -0.410. The molecule has 1 aliphatic rings. The molecule has 0 aromatic carbocycles. The summed E-state index contributed by atoms with van der Waals surface area (Å²) in [6.07, 6.45) is 3.24. The van der Waals surface area contributed by atoms with Crippen molar-refractivity contribution in [3.63, 3.8) is 0 Å². The summed E-state index contributed by atoms with van der Waals surface area (Å²) in [5.41, 5.74) is 0. The molecule has 0 aromatic heterocycles. The van der Waals surface area contributed by atoms with Gasteiger partial charge in [0.05, 0.1) is 12.8 Å². The van der Waals surface area contributed by atoms with E-state index >= 15 is 0 Å². The first kappa shape index (κ1) is 7.69. The molecule has 1 heterocycles. The molecule has 0 spiro atoms. The Balaban J connectivity index is 2.36. The van der Waals surface area contributed by atoms with Gasteiger partial charge in [0.1, 0.15) is 0 Å². The van der Waals surface area contributed by atoms with Crippen LogP contribution >= 0.6 is 0 Å². The molecule has 0 aromatic rings. The van der Waals surface area contributed by atoms with E-state index in [1.807, 2.05) is 13.1 Å². The summed E-state index contributed by atoms with van der Waals surface area (Å²) in [7, 11) is 0. The molecule has 0 bridgehead atoms. The lowest BCUT2D eigenvalue weighted by molar-refractivity contribution is 0.160. The van der Waals surface area contributed by atoms with Crippen LogP contribution in [0.3, 0.4) is 0 Å². The Morgan fingerprint density at radius 2 is 2.60 bits per heavy atom. The van der Waals surface area contributed by atoms with Crippen LogP contribution in [-0.4, -0.2) is 42.1 Å². The van der Waals surface area contributed by atoms with Gasteiger partial charge in [-0.05, 0) is 13.3 Å². The lowest BCUT2D eigenvalue weighted by atomic mass is 10.3. The van der Waals surface area contributed by atoms with Crippen molar-refractivity contribution >= 4 is 6.21 Å². The molecule has 1 atom stereocenters. The van der Waals surface area contributed by atoms with Gasteiger partial charge in [0.2, 0.25) is 0 Å². The number of hydrogen-bond donors (Lipinski definition) is 1. The maximum atomic E-state index is 8.64. The summed E-state index contributed by atoms with van der Waals surface area (Å²) < 4.78 is 0. The molecule has 58 valence electrons. The average molecular weight is 142 g/mol. The minimum atomic E-state index is 0.236. The van der Waals surface area contributed by atoms with Crippen LogP contribution in [0, 0.1) is 0 Å². The molecule has 3 nitrogen and oxygen atoms in total. The first-order valence-corrected chi connectivity index (χ1v) is 3.71. The third-order valence-electron chi connectivity index (χ3n) is 1.78. The van der Waals surface area contributed by atoms with E-state index in [0.29, 0.717) is 0 Å². The quantitative estimate of drug-likeness (QED) is 0.593. The van der Waals surface area contributed by atoms with Crippen molar-refractivity contribution < 1.29 is 5.11 Å². The van der Waals surface area contributed by atoms with Crippen LogP contribution < -0.4 is 0 Å². The van der Waals surface area contributed by atoms with Crippen molar-refractivity contribution in [3.8, 4) is 0 Å². The van der Waals surface area contributed by atoms with Crippen molar-refractivity contribution in [2.75, 3.05) is 19.7 Å². The van der Waals surface area contributed by atoms with E-state index in [0.717, 1.165) is 19.5 Å². The fourth-order valence-corrected chi connectivity index (χ4v) is 1.16. The van der Waals surface area contributed by atoms with Crippen LogP contribution in [0.2, 0.25) is 0 Å². The second kappa shape index (κ2) is 3.68. The third kappa shape index (κ3) is 1.78. The van der Waals surface area contributed by atoms with E-state index < -0.39 is 0 Å². The van der Waals surface area contributed by atoms with Crippen LogP contribution in [0.15, 0.2) is 4.99 Å². The monoisotopic (exact) mass is 142 g/mol. The first-order chi connectivity index (χ1) is 4.84. The molecule has 1 rings (SSSR count). The lowest BCUT2D eigenvalue weighted by Gasteiger charge is -2.27. The van der Waals surface area contributed by atoms with Crippen LogP contribution in [0.5, 0.6) is 0 Å². The molecular weight excluding hydrogens is 128 g/mol. The molecule has 0 saturated heterocycles. The molecular formula is C7H14N2O. The van der Waals surface area contributed by atoms with E-state index in [2.05, 4.69) is 9.89 Å². The number of aliphatic hydroxyl groups is 1. The first-order valence-electron chi connectivity index (χ1n) is 3.71. The Kier molecular flexibility index (Phi) is 2.83. The van der Waals surface area contributed by atoms with Crippen molar-refractivity contribution in [2.45, 2.75) is 19.5 Å². The molecule has 0 fully saturated rings. The lowest BCUT2D eigenvalue weighted by Crippen LogP contribution is -2.37. The van der Waals surface area contributed by atoms with Crippen LogP contribution in [0.4, 0.5) is 0 Å². The van der Waals surface area contributed by atoms with Crippen LogP contribution in [-0.2, 0) is 0 Å². The van der Waals surface area contributed by atoms with Crippen molar-refractivity contribution in [2.24, 2.45) is 4.99 Å². The highest BCUT2D eigenvalue weighted by Crippen LogP contribution is 2.04. The number of hydrogen-bond acceptors (Lipinski definition) is 3. The molecule has 1 unspecified atom stereocenters. The predicted octanol–water partition coefficient (Wildman–Crippen LogP) is 0.101. The highest BCUT2D eigenvalue weighted by atomic mass is 16.3. The highest BCUT2D eigenvalue weighted by Gasteiger charge is 2.12. The predicted molar refractivity (Wildman–Crippen MR) is 41.2 cm³/mol. The SMILES string of the molecule is CC1N=CCCN1CCO. The fraction of sp³-hybridized carbons (Fsp3) is 0.857. The molecule has 3 heteroatoms. The second-order valence-electron chi connectivity index (χ2n) is 2.51. The van der Waals surface area contributed by atoms with Crippen LogP contribution in [0.25, 0.3) is 0 Å². The van der Waals surface area contributed by atoms with Gasteiger partial charge in [-0.15, -0.1) is 0 Å². The number of aliphatic imine (C=N–C) groups is 1. The molecule has 0 aliphatic carbocycles. The summed E-state index contributed by atoms with van der Waals surface area (Å²) in [4.78, 5) is 6.39. The zero-order chi connectivity index (χ0) is 7.40. The standard InChI is InChI=1S/C7H14N2O/c1-7-8-3-2-4-9(7)5-6-10/h3,7,10H,2,4-6H2,1H3. The molecule has 1 N–H and O–H groups in total. The van der Waals surface area contributed by atoms with Crippen molar-refractivity contribution in [3.05, 3.63) is 0 Å². The van der Waals surface area contributed by atoms with Gasteiger partial charge in [0, 0.05) is 19.3 Å². The Morgan fingerprint density at radius 1 is 1.80 bits per heavy atom. The van der Waals surface area contributed by atoms with Gasteiger partial charge >= 0.3 is 0 Å². The van der Waals surface area contributed by atoms with Gasteiger partial charge in [-0.1, -0.05) is 0 Å². The number of β-amino-alcohol motifs (C(OH)–C–C–N with tert-alkyl or cyclic N) is 1. The topological polar surface area (TPSA) is 35.8 Å². The Bertz CT molecular complexity index is 125. The van der Waals surface area contributed by atoms with Crippen LogP contribution in [0.1, 0.15) is 13.3 Å². The minimum Gasteiger partial charge on any atom is -0.395 e. The largest absolute Gasteiger partial charge is 0.395 e. The molecule has 1 aliphatic heterocycles. The van der Waals surface area contributed by atoms with Gasteiger partial charge < -0.3 is 5.11 Å². The van der Waals surface area contributed by atoms with Gasteiger partial charge in [-0.2, -0.15) is 0 Å². The summed E-state index contributed by atoms with van der Waals surface area (Å²) in [5, 5.41) is 8.64. The minimum absolute atomic E-state index is 0.236.